The maximum Gasteiger partial charge on any atom is 0.410 e. The van der Waals surface area contributed by atoms with Crippen molar-refractivity contribution in [2.75, 3.05) is 11.9 Å². The standard InChI is InChI=1S/C31H45F3N4O2/c1-19(2)30(38-18-25(31(32,33)34)37-29(38)40)16-22-13-14-24(15-23(22)17-30)36-28(39)27(35)26(20-9-5-3-6-10-20)21-11-7-4-8-12-21/h13-15,19-21,25-27H,3-12,16-18,35H2,1-2H3,(H,36,39)(H,37,40)/t25?,27-,30?/m0/s1. The minimum atomic E-state index is -4.49. The third-order valence-electron chi connectivity index (χ3n) is 10.5. The van der Waals surface area contributed by atoms with E-state index < -0.39 is 36.4 Å². The van der Waals surface area contributed by atoms with Crippen LogP contribution < -0.4 is 16.4 Å². The van der Waals surface area contributed by atoms with Gasteiger partial charge >= 0.3 is 12.2 Å². The number of nitrogens with one attached hydrogen (secondary N) is 2. The number of amides is 3. The Hall–Kier alpha value is -2.29. The molecule has 1 aliphatic heterocycles. The van der Waals surface area contributed by atoms with Crippen LogP contribution in [0, 0.1) is 23.7 Å². The van der Waals surface area contributed by atoms with Crippen LogP contribution >= 0.6 is 0 Å². The number of nitrogens with two attached hydrogens (primary N) is 1. The molecule has 2 saturated carbocycles. The fourth-order valence-corrected chi connectivity index (χ4v) is 8.19. The monoisotopic (exact) mass is 562 g/mol. The Morgan fingerprint density at radius 2 is 1.57 bits per heavy atom. The quantitative estimate of drug-likeness (QED) is 0.371. The number of hydrogen-bond donors (Lipinski definition) is 3. The summed E-state index contributed by atoms with van der Waals surface area (Å²) in [6, 6.07) is 2.63. The second kappa shape index (κ2) is 11.5. The lowest BCUT2D eigenvalue weighted by Gasteiger charge is -2.41. The molecule has 1 aromatic carbocycles. The van der Waals surface area contributed by atoms with Crippen molar-refractivity contribution in [2.45, 2.75) is 115 Å². The molecule has 0 spiro atoms. The van der Waals surface area contributed by atoms with Gasteiger partial charge in [-0.2, -0.15) is 13.2 Å². The first-order valence-electron chi connectivity index (χ1n) is 15.3. The molecule has 5 rings (SSSR count). The second-order valence-electron chi connectivity index (χ2n) is 13.1. The third kappa shape index (κ3) is 5.72. The summed E-state index contributed by atoms with van der Waals surface area (Å²) in [6.45, 7) is 3.52. The van der Waals surface area contributed by atoms with Crippen LogP contribution in [-0.2, 0) is 17.6 Å². The minimum Gasteiger partial charge on any atom is -0.325 e. The maximum absolute atomic E-state index is 13.6. The molecule has 3 aliphatic carbocycles. The van der Waals surface area contributed by atoms with Crippen LogP contribution in [0.5, 0.6) is 0 Å². The molecule has 0 aromatic heterocycles. The third-order valence-corrected chi connectivity index (χ3v) is 10.5. The van der Waals surface area contributed by atoms with Crippen molar-refractivity contribution in [3.05, 3.63) is 29.3 Å². The molecule has 2 unspecified atom stereocenters. The number of benzene rings is 1. The van der Waals surface area contributed by atoms with Crippen molar-refractivity contribution in [2.24, 2.45) is 29.4 Å². The fraction of sp³-hybridized carbons (Fsp3) is 0.742. The summed E-state index contributed by atoms with van der Waals surface area (Å²) in [7, 11) is 0. The summed E-state index contributed by atoms with van der Waals surface area (Å²) in [4.78, 5) is 27.7. The number of carbonyl (C=O) groups excluding carboxylic acids is 2. The van der Waals surface area contributed by atoms with Crippen molar-refractivity contribution in [3.63, 3.8) is 0 Å². The van der Waals surface area contributed by atoms with Gasteiger partial charge in [0.05, 0.1) is 18.1 Å². The predicted molar refractivity (Wildman–Crippen MR) is 150 cm³/mol. The van der Waals surface area contributed by atoms with Gasteiger partial charge in [0.25, 0.3) is 0 Å². The topological polar surface area (TPSA) is 87.5 Å². The van der Waals surface area contributed by atoms with Crippen molar-refractivity contribution in [3.8, 4) is 0 Å². The number of hydrogen-bond acceptors (Lipinski definition) is 3. The van der Waals surface area contributed by atoms with Gasteiger partial charge in [-0.25, -0.2) is 4.79 Å². The molecule has 3 amide bonds. The van der Waals surface area contributed by atoms with E-state index in [1.165, 1.54) is 43.4 Å². The van der Waals surface area contributed by atoms with Crippen LogP contribution in [0.3, 0.4) is 0 Å². The van der Waals surface area contributed by atoms with Crippen LogP contribution in [0.4, 0.5) is 23.7 Å². The van der Waals surface area contributed by atoms with Crippen molar-refractivity contribution in [1.29, 1.82) is 0 Å². The number of urea groups is 1. The Balaban J connectivity index is 1.31. The van der Waals surface area contributed by atoms with Crippen LogP contribution in [-0.4, -0.2) is 47.2 Å². The van der Waals surface area contributed by atoms with E-state index in [1.807, 2.05) is 32.0 Å². The molecule has 4 N–H and O–H groups in total. The van der Waals surface area contributed by atoms with Crippen LogP contribution in [0.25, 0.3) is 0 Å². The first-order valence-corrected chi connectivity index (χ1v) is 15.3. The molecule has 3 fully saturated rings. The van der Waals surface area contributed by atoms with Crippen LogP contribution in [0.15, 0.2) is 18.2 Å². The van der Waals surface area contributed by atoms with Gasteiger partial charge in [-0.3, -0.25) is 4.79 Å². The molecule has 1 aromatic rings. The van der Waals surface area contributed by atoms with Gasteiger partial charge in [0.2, 0.25) is 5.91 Å². The average molecular weight is 563 g/mol. The molecular weight excluding hydrogens is 517 g/mol. The Bertz CT molecular complexity index is 1060. The normalized spacial score (nSPS) is 27.2. The smallest absolute Gasteiger partial charge is 0.325 e. The van der Waals surface area contributed by atoms with Crippen molar-refractivity contribution >= 4 is 17.6 Å². The highest BCUT2D eigenvalue weighted by Gasteiger charge is 2.55. The molecule has 40 heavy (non-hydrogen) atoms. The first kappa shape index (κ1) is 29.2. The lowest BCUT2D eigenvalue weighted by molar-refractivity contribution is -0.151. The molecule has 3 atom stereocenters. The highest BCUT2D eigenvalue weighted by molar-refractivity contribution is 5.95. The molecule has 222 valence electrons. The number of halogens is 3. The predicted octanol–water partition coefficient (Wildman–Crippen LogP) is 6.18. The molecule has 6 nitrogen and oxygen atoms in total. The zero-order chi connectivity index (χ0) is 28.7. The van der Waals surface area contributed by atoms with Crippen LogP contribution in [0.1, 0.15) is 89.2 Å². The van der Waals surface area contributed by atoms with Gasteiger partial charge in [-0.1, -0.05) is 84.1 Å². The fourth-order valence-electron chi connectivity index (χ4n) is 8.19. The van der Waals surface area contributed by atoms with E-state index in [9.17, 15) is 22.8 Å². The molecule has 4 aliphatic rings. The van der Waals surface area contributed by atoms with Gasteiger partial charge in [-0.05, 0) is 59.8 Å². The largest absolute Gasteiger partial charge is 0.410 e. The average Bonchev–Trinajstić information content (AvgIpc) is 3.51. The summed E-state index contributed by atoms with van der Waals surface area (Å²) in [5, 5.41) is 5.22. The van der Waals surface area contributed by atoms with E-state index in [0.717, 1.165) is 36.8 Å². The zero-order valence-corrected chi connectivity index (χ0v) is 23.9. The van der Waals surface area contributed by atoms with Crippen molar-refractivity contribution < 1.29 is 22.8 Å². The lowest BCUT2D eigenvalue weighted by Crippen LogP contribution is -2.55. The van der Waals surface area contributed by atoms with E-state index in [-0.39, 0.29) is 17.7 Å². The van der Waals surface area contributed by atoms with Gasteiger partial charge in [-0.15, -0.1) is 0 Å². The van der Waals surface area contributed by atoms with E-state index >= 15 is 0 Å². The van der Waals surface area contributed by atoms with Gasteiger partial charge in [0, 0.05) is 5.69 Å². The van der Waals surface area contributed by atoms with E-state index in [0.29, 0.717) is 30.4 Å². The molecule has 0 bridgehead atoms. The summed E-state index contributed by atoms with van der Waals surface area (Å²) in [5.41, 5.74) is 8.62. The van der Waals surface area contributed by atoms with Crippen molar-refractivity contribution in [1.82, 2.24) is 10.2 Å². The number of alkyl halides is 3. The SMILES string of the molecule is CC(C)C1(N2CC(C(F)(F)F)NC2=O)Cc2ccc(NC(=O)[C@@H](N)C(C3CCCCC3)C3CCCCC3)cc2C1. The van der Waals surface area contributed by atoms with E-state index in [2.05, 4.69) is 10.6 Å². The maximum atomic E-state index is 13.6. The Morgan fingerprint density at radius 3 is 2.10 bits per heavy atom. The molecular formula is C31H45F3N4O2. The molecule has 9 heteroatoms. The summed E-state index contributed by atoms with van der Waals surface area (Å²) in [6.07, 6.45) is 8.41. The highest BCUT2D eigenvalue weighted by Crippen LogP contribution is 2.44. The summed E-state index contributed by atoms with van der Waals surface area (Å²) >= 11 is 0. The number of carbonyl (C=O) groups is 2. The Morgan fingerprint density at radius 1 is 1.00 bits per heavy atom. The molecule has 1 saturated heterocycles. The lowest BCUT2D eigenvalue weighted by atomic mass is 9.66. The Kier molecular flexibility index (Phi) is 8.42. The van der Waals surface area contributed by atoms with Gasteiger partial charge in [0.15, 0.2) is 0 Å². The number of rotatable bonds is 7. The highest BCUT2D eigenvalue weighted by atomic mass is 19.4. The Labute approximate surface area is 236 Å². The first-order chi connectivity index (χ1) is 19.0. The van der Waals surface area contributed by atoms with E-state index in [4.69, 9.17) is 5.73 Å². The molecule has 0 radical (unpaired) electrons. The molecule has 1 heterocycles. The van der Waals surface area contributed by atoms with Gasteiger partial charge < -0.3 is 21.3 Å². The number of nitrogens with zero attached hydrogens (tertiary/aromatic N) is 1. The van der Waals surface area contributed by atoms with Gasteiger partial charge in [0.1, 0.15) is 6.04 Å². The summed E-state index contributed by atoms with van der Waals surface area (Å²) in [5.74, 6) is 0.976. The minimum absolute atomic E-state index is 0.0594. The number of anilines is 1. The number of fused-ring (bicyclic) bond motifs is 1. The zero-order valence-electron chi connectivity index (χ0n) is 23.9. The van der Waals surface area contributed by atoms with Crippen LogP contribution in [0.2, 0.25) is 0 Å². The van der Waals surface area contributed by atoms with E-state index in [1.54, 1.807) is 0 Å². The second-order valence-corrected chi connectivity index (χ2v) is 13.1. The summed E-state index contributed by atoms with van der Waals surface area (Å²) < 4.78 is 40.3.